The molecule has 0 radical (unpaired) electrons. The van der Waals surface area contributed by atoms with Crippen molar-refractivity contribution in [2.75, 3.05) is 14.2 Å². The van der Waals surface area contributed by atoms with Crippen LogP contribution in [-0.4, -0.2) is 29.0 Å². The van der Waals surface area contributed by atoms with Crippen LogP contribution in [0.3, 0.4) is 0 Å². The van der Waals surface area contributed by atoms with E-state index in [9.17, 15) is 9.59 Å². The molecule has 0 aliphatic heterocycles. The summed E-state index contributed by atoms with van der Waals surface area (Å²) in [6, 6.07) is 9.56. The van der Waals surface area contributed by atoms with Gasteiger partial charge in [-0.2, -0.15) is 0 Å². The summed E-state index contributed by atoms with van der Waals surface area (Å²) in [6.07, 6.45) is 1.70. The average molecular weight is 339 g/mol. The second-order valence-electron chi connectivity index (χ2n) is 6.18. The molecule has 3 rings (SSSR count). The zero-order valence-corrected chi connectivity index (χ0v) is 14.6. The predicted molar refractivity (Wildman–Crippen MR) is 98.1 cm³/mol. The number of para-hydroxylation sites is 1. The van der Waals surface area contributed by atoms with Crippen LogP contribution in [0.2, 0.25) is 0 Å². The maximum Gasteiger partial charge on any atom is 0.252 e. The Balaban J connectivity index is 1.84. The Bertz CT molecular complexity index is 1020. The number of hydrogen-bond donors (Lipinski definition) is 2. The molecule has 2 heterocycles. The summed E-state index contributed by atoms with van der Waals surface area (Å²) in [5.74, 6) is 0.328. The van der Waals surface area contributed by atoms with Gasteiger partial charge in [-0.3, -0.25) is 14.5 Å². The van der Waals surface area contributed by atoms with Gasteiger partial charge in [-0.15, -0.1) is 0 Å². The van der Waals surface area contributed by atoms with Crippen molar-refractivity contribution in [2.45, 2.75) is 20.0 Å². The smallest absolute Gasteiger partial charge is 0.252 e. The highest BCUT2D eigenvalue weighted by Gasteiger charge is 2.12. The van der Waals surface area contributed by atoms with Crippen LogP contribution in [0.1, 0.15) is 16.8 Å². The van der Waals surface area contributed by atoms with Crippen molar-refractivity contribution in [2.24, 2.45) is 0 Å². The largest absolute Gasteiger partial charge is 0.491 e. The lowest BCUT2D eigenvalue weighted by Gasteiger charge is -2.17. The lowest BCUT2D eigenvalue weighted by molar-refractivity contribution is 0.315. The van der Waals surface area contributed by atoms with Crippen molar-refractivity contribution in [3.05, 3.63) is 73.9 Å². The number of nitrogens with one attached hydrogen (secondary N) is 2. The van der Waals surface area contributed by atoms with E-state index in [1.807, 2.05) is 42.3 Å². The molecule has 3 aromatic rings. The van der Waals surface area contributed by atoms with E-state index in [0.717, 1.165) is 10.9 Å². The van der Waals surface area contributed by atoms with Crippen LogP contribution in [0.15, 0.2) is 46.1 Å². The quantitative estimate of drug-likeness (QED) is 0.747. The number of aromatic nitrogens is 2. The first-order valence-electron chi connectivity index (χ1n) is 8.04. The van der Waals surface area contributed by atoms with E-state index >= 15 is 0 Å². The summed E-state index contributed by atoms with van der Waals surface area (Å²) in [6.45, 7) is 2.65. The number of aromatic amines is 2. The Hall–Kier alpha value is -2.86. The zero-order chi connectivity index (χ0) is 18.0. The summed E-state index contributed by atoms with van der Waals surface area (Å²) in [7, 11) is 3.36. The third kappa shape index (κ3) is 3.49. The van der Waals surface area contributed by atoms with E-state index in [1.165, 1.54) is 7.11 Å². The molecule has 130 valence electrons. The van der Waals surface area contributed by atoms with Gasteiger partial charge in [-0.25, -0.2) is 0 Å². The Morgan fingerprint density at radius 1 is 1.12 bits per heavy atom. The Morgan fingerprint density at radius 2 is 1.84 bits per heavy atom. The van der Waals surface area contributed by atoms with E-state index in [1.54, 1.807) is 13.1 Å². The Labute approximate surface area is 145 Å². The summed E-state index contributed by atoms with van der Waals surface area (Å²) in [5.41, 5.74) is 2.54. The molecule has 0 aliphatic rings. The number of methoxy groups -OCH3 is 1. The minimum Gasteiger partial charge on any atom is -0.491 e. The van der Waals surface area contributed by atoms with Crippen molar-refractivity contribution in [1.29, 1.82) is 0 Å². The van der Waals surface area contributed by atoms with Gasteiger partial charge in [0, 0.05) is 35.9 Å². The number of pyridine rings is 2. The van der Waals surface area contributed by atoms with Crippen molar-refractivity contribution in [3.63, 3.8) is 0 Å². The van der Waals surface area contributed by atoms with Crippen molar-refractivity contribution < 1.29 is 4.74 Å². The van der Waals surface area contributed by atoms with Gasteiger partial charge in [0.1, 0.15) is 0 Å². The fraction of sp³-hybridized carbons (Fsp3) is 0.263. The summed E-state index contributed by atoms with van der Waals surface area (Å²) in [4.78, 5) is 32.5. The maximum absolute atomic E-state index is 12.4. The highest BCUT2D eigenvalue weighted by atomic mass is 16.5. The highest BCUT2D eigenvalue weighted by Crippen LogP contribution is 2.13. The van der Waals surface area contributed by atoms with Crippen LogP contribution in [0.25, 0.3) is 10.9 Å². The molecule has 2 N–H and O–H groups in total. The van der Waals surface area contributed by atoms with E-state index in [0.29, 0.717) is 35.7 Å². The Morgan fingerprint density at radius 3 is 2.60 bits per heavy atom. The molecule has 0 saturated heterocycles. The molecule has 0 spiro atoms. The number of ether oxygens (including phenoxy) is 1. The average Bonchev–Trinajstić information content (AvgIpc) is 2.58. The fourth-order valence-electron chi connectivity index (χ4n) is 2.95. The van der Waals surface area contributed by atoms with Gasteiger partial charge in [-0.05, 0) is 31.5 Å². The molecule has 0 fully saturated rings. The van der Waals surface area contributed by atoms with Gasteiger partial charge in [0.25, 0.3) is 5.56 Å². The lowest BCUT2D eigenvalue weighted by Crippen LogP contribution is -2.26. The number of aryl methyl sites for hydroxylation is 1. The number of nitrogens with zero attached hydrogens (tertiary/aromatic N) is 1. The van der Waals surface area contributed by atoms with Crippen LogP contribution >= 0.6 is 0 Å². The van der Waals surface area contributed by atoms with E-state index in [-0.39, 0.29) is 11.0 Å². The van der Waals surface area contributed by atoms with Crippen molar-refractivity contribution in [1.82, 2.24) is 14.9 Å². The normalized spacial score (nSPS) is 11.2. The predicted octanol–water partition coefficient (Wildman–Crippen LogP) is 2.17. The molecule has 0 aliphatic carbocycles. The first-order chi connectivity index (χ1) is 12.0. The molecule has 0 atom stereocenters. The fourth-order valence-corrected chi connectivity index (χ4v) is 2.95. The molecule has 1 aromatic carbocycles. The first kappa shape index (κ1) is 17.0. The molecule has 0 saturated carbocycles. The second-order valence-corrected chi connectivity index (χ2v) is 6.18. The Kier molecular flexibility index (Phi) is 4.72. The number of rotatable bonds is 5. The number of hydrogen-bond acceptors (Lipinski definition) is 4. The monoisotopic (exact) mass is 339 g/mol. The molecular weight excluding hydrogens is 318 g/mol. The van der Waals surface area contributed by atoms with Gasteiger partial charge in [0.2, 0.25) is 5.43 Å². The molecule has 0 bridgehead atoms. The number of benzene rings is 1. The summed E-state index contributed by atoms with van der Waals surface area (Å²) in [5, 5.41) is 0.986. The highest BCUT2D eigenvalue weighted by molar-refractivity contribution is 5.78. The number of fused-ring (bicyclic) bond motifs is 1. The van der Waals surface area contributed by atoms with E-state index in [4.69, 9.17) is 4.74 Å². The molecule has 0 unspecified atom stereocenters. The minimum absolute atomic E-state index is 0.110. The molecule has 2 aromatic heterocycles. The molecule has 6 heteroatoms. The number of H-pyrrole nitrogens is 2. The molecular formula is C19H21N3O3. The minimum atomic E-state index is -0.127. The first-order valence-corrected chi connectivity index (χ1v) is 8.04. The van der Waals surface area contributed by atoms with Crippen LogP contribution in [-0.2, 0) is 13.1 Å². The van der Waals surface area contributed by atoms with Crippen LogP contribution in [0.4, 0.5) is 0 Å². The van der Waals surface area contributed by atoms with Gasteiger partial charge >= 0.3 is 0 Å². The van der Waals surface area contributed by atoms with Crippen LogP contribution < -0.4 is 15.7 Å². The zero-order valence-electron chi connectivity index (χ0n) is 14.6. The molecule has 25 heavy (non-hydrogen) atoms. The standard InChI is InChI=1S/C19H21N3O3/c1-12-18(25-3)17(23)15(9-20-12)11-22(2)10-14-8-13-6-4-5-7-16(13)21-19(14)24/h4-9H,10-11H2,1-3H3,(H,20,23)(H,21,24). The van der Waals surface area contributed by atoms with Gasteiger partial charge in [0.05, 0.1) is 12.8 Å². The van der Waals surface area contributed by atoms with Gasteiger partial charge < -0.3 is 14.7 Å². The SMILES string of the molecule is COc1c(C)[nH]cc(CN(C)Cc2cc3ccccc3[nH]c2=O)c1=O. The topological polar surface area (TPSA) is 78.2 Å². The third-order valence-electron chi connectivity index (χ3n) is 4.22. The van der Waals surface area contributed by atoms with Crippen molar-refractivity contribution >= 4 is 10.9 Å². The maximum atomic E-state index is 12.4. The lowest BCUT2D eigenvalue weighted by atomic mass is 10.1. The van der Waals surface area contributed by atoms with Gasteiger partial charge in [0.15, 0.2) is 5.75 Å². The molecule has 0 amide bonds. The summed E-state index contributed by atoms with van der Waals surface area (Å²) < 4.78 is 5.17. The van der Waals surface area contributed by atoms with Crippen molar-refractivity contribution in [3.8, 4) is 5.75 Å². The van der Waals surface area contributed by atoms with Gasteiger partial charge in [-0.1, -0.05) is 18.2 Å². The van der Waals surface area contributed by atoms with Crippen LogP contribution in [0.5, 0.6) is 5.75 Å². The van der Waals surface area contributed by atoms with E-state index < -0.39 is 0 Å². The summed E-state index contributed by atoms with van der Waals surface area (Å²) >= 11 is 0. The second kappa shape index (κ2) is 6.94. The third-order valence-corrected chi connectivity index (χ3v) is 4.22. The van der Waals surface area contributed by atoms with Crippen LogP contribution in [0, 0.1) is 6.92 Å². The van der Waals surface area contributed by atoms with E-state index in [2.05, 4.69) is 9.97 Å². The molecule has 6 nitrogen and oxygen atoms in total.